The molecule has 5 nitrogen and oxygen atoms in total. The number of nitrogens with zero attached hydrogens (tertiary/aromatic N) is 2. The highest BCUT2D eigenvalue weighted by atomic mass is 32.2. The minimum absolute atomic E-state index is 0.0288. The summed E-state index contributed by atoms with van der Waals surface area (Å²) in [5.41, 5.74) is 0.913. The van der Waals surface area contributed by atoms with Crippen LogP contribution in [0.5, 0.6) is 5.75 Å². The predicted molar refractivity (Wildman–Crippen MR) is 101 cm³/mol. The van der Waals surface area contributed by atoms with Crippen LogP contribution in [0.15, 0.2) is 58.5 Å². The number of halogens is 2. The van der Waals surface area contributed by atoms with Gasteiger partial charge in [0, 0.05) is 12.4 Å². The molecular weight excluding hydrogens is 374 g/mol. The van der Waals surface area contributed by atoms with Crippen molar-refractivity contribution in [1.29, 1.82) is 0 Å². The summed E-state index contributed by atoms with van der Waals surface area (Å²) in [6.07, 6.45) is 0. The van der Waals surface area contributed by atoms with Gasteiger partial charge in [0.15, 0.2) is 5.16 Å². The lowest BCUT2D eigenvalue weighted by Crippen LogP contribution is -2.22. The summed E-state index contributed by atoms with van der Waals surface area (Å²) < 4.78 is 35.9. The second-order valence-corrected chi connectivity index (χ2v) is 6.53. The van der Waals surface area contributed by atoms with Crippen LogP contribution in [0.3, 0.4) is 0 Å². The second kappa shape index (κ2) is 8.96. The zero-order valence-corrected chi connectivity index (χ0v) is 15.4. The molecule has 3 rings (SSSR count). The molecule has 142 valence electrons. The molecule has 0 radical (unpaired) electrons. The Morgan fingerprint density at radius 3 is 2.59 bits per heavy atom. The molecule has 8 heteroatoms. The first-order valence-corrected chi connectivity index (χ1v) is 9.36. The van der Waals surface area contributed by atoms with Crippen molar-refractivity contribution in [2.75, 3.05) is 19.0 Å². The fraction of sp³-hybridized carbons (Fsp3) is 0.263. The number of fused-ring (bicyclic) bond motifs is 1. The van der Waals surface area contributed by atoms with E-state index in [-0.39, 0.29) is 11.3 Å². The average Bonchev–Trinajstić information content (AvgIpc) is 2.66. The van der Waals surface area contributed by atoms with Crippen LogP contribution in [-0.2, 0) is 4.74 Å². The Labute approximate surface area is 158 Å². The van der Waals surface area contributed by atoms with Crippen molar-refractivity contribution < 1.29 is 18.3 Å². The van der Waals surface area contributed by atoms with Crippen molar-refractivity contribution in [3.8, 4) is 11.4 Å². The maximum Gasteiger partial charge on any atom is 0.387 e. The van der Waals surface area contributed by atoms with E-state index in [1.54, 1.807) is 30.3 Å². The van der Waals surface area contributed by atoms with Crippen LogP contribution >= 0.6 is 11.8 Å². The van der Waals surface area contributed by atoms with Crippen molar-refractivity contribution >= 4 is 22.7 Å². The first kappa shape index (κ1) is 19.3. The zero-order chi connectivity index (χ0) is 19.2. The Balaban J connectivity index is 2.03. The summed E-state index contributed by atoms with van der Waals surface area (Å²) in [4.78, 5) is 17.6. The average molecular weight is 392 g/mol. The lowest BCUT2D eigenvalue weighted by Gasteiger charge is -2.14. The molecule has 2 aromatic carbocycles. The Morgan fingerprint density at radius 2 is 1.89 bits per heavy atom. The number of alkyl halides is 2. The van der Waals surface area contributed by atoms with Crippen LogP contribution < -0.4 is 10.3 Å². The fourth-order valence-corrected chi connectivity index (χ4v) is 3.41. The van der Waals surface area contributed by atoms with Crippen LogP contribution in [0.1, 0.15) is 6.92 Å². The van der Waals surface area contributed by atoms with E-state index in [0.29, 0.717) is 40.7 Å². The fourth-order valence-electron chi connectivity index (χ4n) is 2.55. The van der Waals surface area contributed by atoms with Crippen LogP contribution in [0, 0.1) is 0 Å². The number of benzene rings is 2. The van der Waals surface area contributed by atoms with Gasteiger partial charge in [-0.1, -0.05) is 23.9 Å². The van der Waals surface area contributed by atoms with Gasteiger partial charge in [0.25, 0.3) is 5.56 Å². The van der Waals surface area contributed by atoms with E-state index >= 15 is 0 Å². The summed E-state index contributed by atoms with van der Waals surface area (Å²) in [6, 6.07) is 13.0. The highest BCUT2D eigenvalue weighted by molar-refractivity contribution is 7.99. The summed E-state index contributed by atoms with van der Waals surface area (Å²) in [7, 11) is 0. The van der Waals surface area contributed by atoms with Gasteiger partial charge < -0.3 is 9.47 Å². The second-order valence-electron chi connectivity index (χ2n) is 5.47. The molecule has 0 saturated heterocycles. The number of aromatic nitrogens is 2. The largest absolute Gasteiger partial charge is 0.435 e. The van der Waals surface area contributed by atoms with Gasteiger partial charge in [-0.15, -0.1) is 0 Å². The maximum atomic E-state index is 13.0. The van der Waals surface area contributed by atoms with Crippen LogP contribution in [0.2, 0.25) is 0 Å². The van der Waals surface area contributed by atoms with Crippen molar-refractivity contribution in [1.82, 2.24) is 9.55 Å². The Hall–Kier alpha value is -2.45. The third-order valence-electron chi connectivity index (χ3n) is 3.73. The van der Waals surface area contributed by atoms with E-state index in [4.69, 9.17) is 4.74 Å². The quantitative estimate of drug-likeness (QED) is 0.328. The number of hydrogen-bond acceptors (Lipinski definition) is 5. The number of hydrogen-bond donors (Lipinski definition) is 0. The van der Waals surface area contributed by atoms with Gasteiger partial charge in [0.1, 0.15) is 5.75 Å². The highest BCUT2D eigenvalue weighted by Gasteiger charge is 2.14. The molecule has 3 aromatic rings. The van der Waals surface area contributed by atoms with E-state index in [1.807, 2.05) is 13.0 Å². The Kier molecular flexibility index (Phi) is 6.41. The highest BCUT2D eigenvalue weighted by Crippen LogP contribution is 2.23. The minimum Gasteiger partial charge on any atom is -0.435 e. The first-order valence-electron chi connectivity index (χ1n) is 8.37. The number of ether oxygens (including phenoxy) is 2. The molecule has 0 aliphatic heterocycles. The summed E-state index contributed by atoms with van der Waals surface area (Å²) in [5, 5.41) is 1.00. The van der Waals surface area contributed by atoms with Crippen molar-refractivity contribution in [3.63, 3.8) is 0 Å². The molecule has 1 aromatic heterocycles. The lowest BCUT2D eigenvalue weighted by atomic mass is 10.2. The Bertz CT molecular complexity index is 961. The van der Waals surface area contributed by atoms with Crippen LogP contribution in [-0.4, -0.2) is 35.1 Å². The van der Waals surface area contributed by atoms with E-state index in [1.165, 1.54) is 28.5 Å². The molecule has 0 fully saturated rings. The SMILES string of the molecule is CCOCCSc1nc2ccccc2c(=O)n1-c1ccc(OC(F)F)cc1. The molecule has 0 amide bonds. The minimum atomic E-state index is -2.90. The van der Waals surface area contributed by atoms with Gasteiger partial charge in [0.2, 0.25) is 0 Å². The predicted octanol–water partition coefficient (Wildman–Crippen LogP) is 4.12. The molecule has 27 heavy (non-hydrogen) atoms. The smallest absolute Gasteiger partial charge is 0.387 e. The molecule has 1 heterocycles. The van der Waals surface area contributed by atoms with Crippen molar-refractivity contribution in [2.24, 2.45) is 0 Å². The number of thioether (sulfide) groups is 1. The van der Waals surface area contributed by atoms with Crippen molar-refractivity contribution in [3.05, 3.63) is 58.9 Å². The standard InChI is InChI=1S/C19H18F2N2O3S/c1-2-25-11-12-27-19-22-16-6-4-3-5-15(16)17(24)23(19)13-7-9-14(10-8-13)26-18(20)21/h3-10,18H,2,11-12H2,1H3. The van der Waals surface area contributed by atoms with E-state index < -0.39 is 6.61 Å². The maximum absolute atomic E-state index is 13.0. The van der Waals surface area contributed by atoms with E-state index in [2.05, 4.69) is 9.72 Å². The Morgan fingerprint density at radius 1 is 1.15 bits per heavy atom. The third-order valence-corrected chi connectivity index (χ3v) is 4.63. The van der Waals surface area contributed by atoms with Gasteiger partial charge in [0.05, 0.1) is 23.2 Å². The molecule has 0 bridgehead atoms. The van der Waals surface area contributed by atoms with Gasteiger partial charge in [-0.2, -0.15) is 8.78 Å². The first-order chi connectivity index (χ1) is 13.1. The zero-order valence-electron chi connectivity index (χ0n) is 14.6. The molecule has 0 spiro atoms. The molecule has 0 aliphatic rings. The number of para-hydroxylation sites is 1. The van der Waals surface area contributed by atoms with E-state index in [0.717, 1.165) is 0 Å². The molecule has 0 aliphatic carbocycles. The van der Waals surface area contributed by atoms with E-state index in [9.17, 15) is 13.6 Å². The monoisotopic (exact) mass is 392 g/mol. The molecule has 0 atom stereocenters. The normalized spacial score (nSPS) is 11.3. The lowest BCUT2D eigenvalue weighted by molar-refractivity contribution is -0.0498. The topological polar surface area (TPSA) is 53.3 Å². The van der Waals surface area contributed by atoms with Gasteiger partial charge in [-0.25, -0.2) is 4.98 Å². The molecule has 0 unspecified atom stereocenters. The molecule has 0 N–H and O–H groups in total. The van der Waals surface area contributed by atoms with Gasteiger partial charge in [-0.3, -0.25) is 9.36 Å². The number of rotatable bonds is 8. The van der Waals surface area contributed by atoms with Crippen LogP contribution in [0.25, 0.3) is 16.6 Å². The van der Waals surface area contributed by atoms with Gasteiger partial charge in [-0.05, 0) is 43.3 Å². The summed E-state index contributed by atoms with van der Waals surface area (Å²) in [5.74, 6) is 0.659. The molecular formula is C19H18F2N2O3S. The summed E-state index contributed by atoms with van der Waals surface area (Å²) >= 11 is 1.40. The van der Waals surface area contributed by atoms with Crippen LogP contribution in [0.4, 0.5) is 8.78 Å². The summed E-state index contributed by atoms with van der Waals surface area (Å²) in [6.45, 7) is 0.165. The van der Waals surface area contributed by atoms with Crippen molar-refractivity contribution in [2.45, 2.75) is 18.7 Å². The molecule has 0 saturated carbocycles. The van der Waals surface area contributed by atoms with Gasteiger partial charge >= 0.3 is 6.61 Å². The third kappa shape index (κ3) is 4.64.